The molecular formula is C30H26ClF5N2O2. The van der Waals surface area contributed by atoms with Crippen LogP contribution in [0.2, 0.25) is 5.02 Å². The summed E-state index contributed by atoms with van der Waals surface area (Å²) >= 11 is 5.95. The quantitative estimate of drug-likeness (QED) is 0.305. The molecule has 0 fully saturated rings. The van der Waals surface area contributed by atoms with Gasteiger partial charge in [0.25, 0.3) is 0 Å². The Kier molecular flexibility index (Phi) is 10.6. The topological polar surface area (TPSA) is 65.2 Å². The first-order chi connectivity index (χ1) is 19.0. The average Bonchev–Trinajstić information content (AvgIpc) is 2.90. The zero-order valence-corrected chi connectivity index (χ0v) is 22.1. The molecule has 1 unspecified atom stereocenters. The fraction of sp³-hybridized carbons (Fsp3) is 0.200. The van der Waals surface area contributed by atoms with Crippen LogP contribution in [0.15, 0.2) is 102 Å². The lowest BCUT2D eigenvalue weighted by atomic mass is 9.88. The van der Waals surface area contributed by atoms with Gasteiger partial charge in [0, 0.05) is 29.4 Å². The summed E-state index contributed by atoms with van der Waals surface area (Å²) < 4.78 is 69.2. The number of benzene rings is 2. The lowest BCUT2D eigenvalue weighted by Gasteiger charge is -2.18. The number of hydrogen-bond donors (Lipinski definition) is 1. The van der Waals surface area contributed by atoms with Gasteiger partial charge < -0.3 is 10.5 Å². The van der Waals surface area contributed by atoms with Crippen molar-refractivity contribution in [3.05, 3.63) is 130 Å². The van der Waals surface area contributed by atoms with Crippen LogP contribution in [0, 0.1) is 5.82 Å². The summed E-state index contributed by atoms with van der Waals surface area (Å²) in [5, 5.41) is 0.578. The smallest absolute Gasteiger partial charge is 0.418 e. The van der Waals surface area contributed by atoms with Gasteiger partial charge >= 0.3 is 6.18 Å². The van der Waals surface area contributed by atoms with Gasteiger partial charge in [-0.2, -0.15) is 13.2 Å². The van der Waals surface area contributed by atoms with E-state index in [2.05, 4.69) is 17.1 Å². The Morgan fingerprint density at radius 3 is 2.40 bits per heavy atom. The molecule has 0 spiro atoms. The second-order valence-electron chi connectivity index (χ2n) is 8.79. The first-order valence-corrected chi connectivity index (χ1v) is 12.5. The van der Waals surface area contributed by atoms with Crippen LogP contribution in [-0.4, -0.2) is 24.2 Å². The molecule has 0 aliphatic heterocycles. The van der Waals surface area contributed by atoms with E-state index in [0.29, 0.717) is 23.3 Å². The molecule has 210 valence electrons. The maximum absolute atomic E-state index is 14.0. The highest BCUT2D eigenvalue weighted by Crippen LogP contribution is 2.34. The summed E-state index contributed by atoms with van der Waals surface area (Å²) in [4.78, 5) is 15.2. The Morgan fingerprint density at radius 1 is 1.07 bits per heavy atom. The van der Waals surface area contributed by atoms with Crippen molar-refractivity contribution in [1.29, 1.82) is 0 Å². The van der Waals surface area contributed by atoms with Gasteiger partial charge in [-0.05, 0) is 60.7 Å². The number of methoxy groups -OCH3 is 1. The molecular weight excluding hydrogens is 551 g/mol. The van der Waals surface area contributed by atoms with E-state index in [0.717, 1.165) is 29.0 Å². The average molecular weight is 577 g/mol. The molecule has 10 heteroatoms. The third-order valence-corrected chi connectivity index (χ3v) is 6.22. The summed E-state index contributed by atoms with van der Waals surface area (Å²) in [6.45, 7) is 0. The number of nitrogens with two attached hydrogens (primary N) is 1. The van der Waals surface area contributed by atoms with E-state index in [1.165, 1.54) is 19.2 Å². The van der Waals surface area contributed by atoms with E-state index in [1.54, 1.807) is 12.3 Å². The van der Waals surface area contributed by atoms with Crippen molar-refractivity contribution in [2.75, 3.05) is 7.11 Å². The molecule has 0 bridgehead atoms. The standard InChI is InChI=1S/C20H17ClFNO.C10H9F4NO/c1-24-18-11-15(10-17(22)12-18)19(9-14-5-3-2-4-6-14)20-8-7-16(21)13-23-20;11-8-5-4-6(9(15)16)2-1-3-7(8)10(12,13)14/h2-8,10-13,19H,9H2,1H3;3-5H,1-2H2,(H2,15,16)/b;6-4+,7-3+,8-5+. The van der Waals surface area contributed by atoms with Gasteiger partial charge in [0.05, 0.1) is 17.7 Å². The zero-order valence-electron chi connectivity index (χ0n) is 21.4. The molecule has 0 saturated heterocycles. The predicted octanol–water partition coefficient (Wildman–Crippen LogP) is 7.79. The van der Waals surface area contributed by atoms with Gasteiger partial charge in [-0.25, -0.2) is 8.78 Å². The van der Waals surface area contributed by atoms with Gasteiger partial charge in [0.2, 0.25) is 5.91 Å². The van der Waals surface area contributed by atoms with Crippen molar-refractivity contribution in [3.8, 4) is 5.75 Å². The molecule has 2 aromatic carbocycles. The summed E-state index contributed by atoms with van der Waals surface area (Å²) in [5.41, 5.74) is 6.57. The van der Waals surface area contributed by atoms with Crippen LogP contribution in [-0.2, 0) is 11.2 Å². The minimum atomic E-state index is -4.72. The summed E-state index contributed by atoms with van der Waals surface area (Å²) in [6.07, 6.45) is -0.0908. The van der Waals surface area contributed by atoms with E-state index in [9.17, 15) is 26.7 Å². The molecule has 1 aromatic heterocycles. The Balaban J connectivity index is 0.000000241. The molecule has 4 rings (SSSR count). The van der Waals surface area contributed by atoms with Crippen LogP contribution in [0.25, 0.3) is 0 Å². The number of aromatic nitrogens is 1. The maximum atomic E-state index is 14.0. The number of primary amides is 1. The van der Waals surface area contributed by atoms with Crippen LogP contribution in [0.3, 0.4) is 0 Å². The van der Waals surface area contributed by atoms with Gasteiger partial charge in [0.15, 0.2) is 0 Å². The number of pyridine rings is 1. The second-order valence-corrected chi connectivity index (χ2v) is 9.23. The summed E-state index contributed by atoms with van der Waals surface area (Å²) in [5.74, 6) is -2.08. The lowest BCUT2D eigenvalue weighted by Crippen LogP contribution is -2.16. The number of carbonyl (C=O) groups is 1. The largest absolute Gasteiger partial charge is 0.497 e. The number of amides is 1. The number of ether oxygens (including phenoxy) is 1. The van der Waals surface area contributed by atoms with E-state index in [4.69, 9.17) is 22.1 Å². The van der Waals surface area contributed by atoms with Crippen molar-refractivity contribution in [1.82, 2.24) is 4.98 Å². The third kappa shape index (κ3) is 8.77. The Morgan fingerprint density at radius 2 is 1.80 bits per heavy atom. The highest BCUT2D eigenvalue weighted by atomic mass is 35.5. The van der Waals surface area contributed by atoms with E-state index >= 15 is 0 Å². The van der Waals surface area contributed by atoms with E-state index in [-0.39, 0.29) is 30.1 Å². The minimum Gasteiger partial charge on any atom is -0.497 e. The highest BCUT2D eigenvalue weighted by molar-refractivity contribution is 6.30. The lowest BCUT2D eigenvalue weighted by molar-refractivity contribution is -0.114. The number of allylic oxidation sites excluding steroid dienone is 5. The summed E-state index contributed by atoms with van der Waals surface area (Å²) in [6, 6.07) is 18.5. The zero-order chi connectivity index (χ0) is 29.3. The minimum absolute atomic E-state index is 0.0681. The van der Waals surface area contributed by atoms with E-state index < -0.39 is 23.5 Å². The highest BCUT2D eigenvalue weighted by Gasteiger charge is 2.36. The molecule has 40 heavy (non-hydrogen) atoms. The van der Waals surface area contributed by atoms with Gasteiger partial charge in [0.1, 0.15) is 17.4 Å². The van der Waals surface area contributed by atoms with Crippen molar-refractivity contribution in [3.63, 3.8) is 0 Å². The van der Waals surface area contributed by atoms with Crippen LogP contribution < -0.4 is 10.5 Å². The Bertz CT molecular complexity index is 1400. The van der Waals surface area contributed by atoms with Crippen LogP contribution in [0.5, 0.6) is 5.75 Å². The molecule has 1 amide bonds. The van der Waals surface area contributed by atoms with Gasteiger partial charge in [-0.1, -0.05) is 54.1 Å². The number of rotatable bonds is 6. The number of halogens is 6. The Hall–Kier alpha value is -3.98. The van der Waals surface area contributed by atoms with Crippen LogP contribution in [0.1, 0.15) is 35.6 Å². The molecule has 1 aliphatic rings. The van der Waals surface area contributed by atoms with E-state index in [1.807, 2.05) is 30.3 Å². The SMILES string of the molecule is COc1cc(F)cc(C(Cc2ccccc2)c2ccc(Cl)cn2)c1.NC(=O)/C1=C/C=C(F)\C(C(F)(F)F)=C/CC1. The third-order valence-electron chi connectivity index (χ3n) is 5.99. The predicted molar refractivity (Wildman–Crippen MR) is 144 cm³/mol. The van der Waals surface area contributed by atoms with Gasteiger partial charge in [-0.3, -0.25) is 9.78 Å². The Labute approximate surface area is 233 Å². The molecule has 3 aromatic rings. The van der Waals surface area contributed by atoms with Crippen LogP contribution in [0.4, 0.5) is 22.0 Å². The van der Waals surface area contributed by atoms with Crippen LogP contribution >= 0.6 is 11.6 Å². The molecule has 1 aliphatic carbocycles. The number of carbonyl (C=O) groups excluding carboxylic acids is 1. The number of alkyl halides is 3. The molecule has 1 heterocycles. The normalized spacial score (nSPS) is 18.2. The fourth-order valence-electron chi connectivity index (χ4n) is 4.01. The monoisotopic (exact) mass is 576 g/mol. The van der Waals surface area contributed by atoms with Crippen molar-refractivity contribution < 1.29 is 31.5 Å². The van der Waals surface area contributed by atoms with Crippen molar-refractivity contribution >= 4 is 17.5 Å². The first-order valence-electron chi connectivity index (χ1n) is 12.1. The molecule has 1 atom stereocenters. The molecule has 0 saturated carbocycles. The van der Waals surface area contributed by atoms with Gasteiger partial charge in [-0.15, -0.1) is 0 Å². The maximum Gasteiger partial charge on any atom is 0.418 e. The summed E-state index contributed by atoms with van der Waals surface area (Å²) in [7, 11) is 1.53. The first kappa shape index (κ1) is 30.6. The number of nitrogens with zero attached hydrogens (tertiary/aromatic N) is 1. The fourth-order valence-corrected chi connectivity index (χ4v) is 4.12. The van der Waals surface area contributed by atoms with Crippen molar-refractivity contribution in [2.45, 2.75) is 31.4 Å². The molecule has 4 nitrogen and oxygen atoms in total. The molecule has 2 N–H and O–H groups in total. The molecule has 0 radical (unpaired) electrons. The number of hydrogen-bond acceptors (Lipinski definition) is 3. The van der Waals surface area contributed by atoms with Crippen molar-refractivity contribution in [2.24, 2.45) is 5.73 Å². The second kappa shape index (κ2) is 13.9.